The smallest absolute Gasteiger partial charge is 0.223 e. The van der Waals surface area contributed by atoms with Gasteiger partial charge in [-0.2, -0.15) is 4.98 Å². The molecule has 0 radical (unpaired) electrons. The van der Waals surface area contributed by atoms with E-state index < -0.39 is 0 Å². The normalized spacial score (nSPS) is 11.3. The van der Waals surface area contributed by atoms with Crippen LogP contribution in [-0.2, 0) is 13.1 Å². The zero-order chi connectivity index (χ0) is 14.1. The highest BCUT2D eigenvalue weighted by Crippen LogP contribution is 2.25. The number of hydrogen-bond acceptors (Lipinski definition) is 4. The van der Waals surface area contributed by atoms with Crippen LogP contribution in [0.2, 0.25) is 5.02 Å². The Kier molecular flexibility index (Phi) is 3.46. The number of fused-ring (bicyclic) bond motifs is 1. The standard InChI is InChI=1S/C14H15ClN4O/c1-9-17-14(18-20-9)8-19-7-10(6-16-2)12-4-3-11(15)5-13(12)19/h3-5,7,16H,6,8H2,1-2H3. The highest BCUT2D eigenvalue weighted by molar-refractivity contribution is 6.31. The summed E-state index contributed by atoms with van der Waals surface area (Å²) >= 11 is 6.11. The van der Waals surface area contributed by atoms with Crippen LogP contribution in [-0.4, -0.2) is 21.8 Å². The zero-order valence-corrected chi connectivity index (χ0v) is 12.1. The molecular formula is C14H15ClN4O. The molecule has 2 aromatic heterocycles. The maximum atomic E-state index is 6.11. The van der Waals surface area contributed by atoms with Gasteiger partial charge >= 0.3 is 0 Å². The van der Waals surface area contributed by atoms with Crippen LogP contribution >= 0.6 is 11.6 Å². The number of aromatic nitrogens is 3. The predicted octanol–water partition coefficient (Wildman–Crippen LogP) is 2.75. The van der Waals surface area contributed by atoms with E-state index >= 15 is 0 Å². The molecule has 0 aliphatic rings. The fourth-order valence-electron chi connectivity index (χ4n) is 2.36. The Labute approximate surface area is 121 Å². The summed E-state index contributed by atoms with van der Waals surface area (Å²) in [5.74, 6) is 1.24. The molecule has 0 unspecified atom stereocenters. The summed E-state index contributed by atoms with van der Waals surface area (Å²) in [5, 5.41) is 9.02. The molecule has 0 saturated heterocycles. The number of halogens is 1. The Morgan fingerprint density at radius 1 is 1.40 bits per heavy atom. The summed E-state index contributed by atoms with van der Waals surface area (Å²) in [6, 6.07) is 5.91. The van der Waals surface area contributed by atoms with Crippen molar-refractivity contribution in [2.45, 2.75) is 20.0 Å². The van der Waals surface area contributed by atoms with Crippen molar-refractivity contribution in [2.75, 3.05) is 7.05 Å². The fraction of sp³-hybridized carbons (Fsp3) is 0.286. The highest BCUT2D eigenvalue weighted by atomic mass is 35.5. The van der Waals surface area contributed by atoms with Gasteiger partial charge in [0.15, 0.2) is 5.82 Å². The topological polar surface area (TPSA) is 55.9 Å². The van der Waals surface area contributed by atoms with Crippen LogP contribution in [0.1, 0.15) is 17.3 Å². The van der Waals surface area contributed by atoms with Crippen LogP contribution < -0.4 is 5.32 Å². The van der Waals surface area contributed by atoms with Gasteiger partial charge in [0.25, 0.3) is 0 Å². The molecule has 0 amide bonds. The second-order valence-electron chi connectivity index (χ2n) is 4.70. The van der Waals surface area contributed by atoms with E-state index in [2.05, 4.69) is 26.2 Å². The van der Waals surface area contributed by atoms with Crippen LogP contribution in [0, 0.1) is 6.92 Å². The van der Waals surface area contributed by atoms with Gasteiger partial charge < -0.3 is 14.4 Å². The van der Waals surface area contributed by atoms with Crippen molar-refractivity contribution in [3.63, 3.8) is 0 Å². The third kappa shape index (κ3) is 2.42. The minimum atomic E-state index is 0.567. The average molecular weight is 291 g/mol. The second-order valence-corrected chi connectivity index (χ2v) is 5.14. The molecule has 0 fully saturated rings. The van der Waals surface area contributed by atoms with E-state index in [0.717, 1.165) is 17.1 Å². The van der Waals surface area contributed by atoms with E-state index in [-0.39, 0.29) is 0 Å². The molecule has 0 saturated carbocycles. The largest absolute Gasteiger partial charge is 0.340 e. The summed E-state index contributed by atoms with van der Waals surface area (Å²) in [5.41, 5.74) is 2.30. The van der Waals surface area contributed by atoms with Gasteiger partial charge in [-0.1, -0.05) is 22.8 Å². The zero-order valence-electron chi connectivity index (χ0n) is 11.4. The Morgan fingerprint density at radius 3 is 2.95 bits per heavy atom. The molecule has 2 heterocycles. The molecule has 5 nitrogen and oxygen atoms in total. The van der Waals surface area contributed by atoms with Crippen molar-refractivity contribution in [3.05, 3.63) is 46.7 Å². The van der Waals surface area contributed by atoms with Crippen LogP contribution in [0.15, 0.2) is 28.9 Å². The van der Waals surface area contributed by atoms with Gasteiger partial charge in [-0.3, -0.25) is 0 Å². The molecule has 0 aliphatic carbocycles. The first-order valence-electron chi connectivity index (χ1n) is 6.38. The maximum absolute atomic E-state index is 6.11. The fourth-order valence-corrected chi connectivity index (χ4v) is 2.53. The summed E-state index contributed by atoms with van der Waals surface area (Å²) < 4.78 is 7.11. The van der Waals surface area contributed by atoms with E-state index in [1.54, 1.807) is 6.92 Å². The lowest BCUT2D eigenvalue weighted by molar-refractivity contribution is 0.386. The van der Waals surface area contributed by atoms with Gasteiger partial charge in [0.1, 0.15) is 0 Å². The molecule has 104 valence electrons. The van der Waals surface area contributed by atoms with Gasteiger partial charge in [0.2, 0.25) is 5.89 Å². The van der Waals surface area contributed by atoms with Gasteiger partial charge in [-0.05, 0) is 24.7 Å². The predicted molar refractivity (Wildman–Crippen MR) is 77.8 cm³/mol. The lowest BCUT2D eigenvalue weighted by Crippen LogP contribution is -2.04. The third-order valence-corrected chi connectivity index (χ3v) is 3.41. The maximum Gasteiger partial charge on any atom is 0.223 e. The van der Waals surface area contributed by atoms with Crippen molar-refractivity contribution in [1.82, 2.24) is 20.0 Å². The quantitative estimate of drug-likeness (QED) is 0.803. The summed E-state index contributed by atoms with van der Waals surface area (Å²) in [4.78, 5) is 4.24. The van der Waals surface area contributed by atoms with Crippen LogP contribution in [0.25, 0.3) is 10.9 Å². The van der Waals surface area contributed by atoms with E-state index in [0.29, 0.717) is 18.3 Å². The van der Waals surface area contributed by atoms with Crippen molar-refractivity contribution < 1.29 is 4.52 Å². The molecule has 20 heavy (non-hydrogen) atoms. The van der Waals surface area contributed by atoms with E-state index in [9.17, 15) is 0 Å². The molecular weight excluding hydrogens is 276 g/mol. The van der Waals surface area contributed by atoms with E-state index in [1.165, 1.54) is 10.9 Å². The third-order valence-electron chi connectivity index (χ3n) is 3.18. The second kappa shape index (κ2) is 5.26. The highest BCUT2D eigenvalue weighted by Gasteiger charge is 2.11. The molecule has 0 aliphatic heterocycles. The lowest BCUT2D eigenvalue weighted by atomic mass is 10.2. The molecule has 6 heteroatoms. The van der Waals surface area contributed by atoms with E-state index in [4.69, 9.17) is 16.1 Å². The van der Waals surface area contributed by atoms with Crippen molar-refractivity contribution in [1.29, 1.82) is 0 Å². The van der Waals surface area contributed by atoms with Gasteiger partial charge in [0, 0.05) is 30.1 Å². The Bertz CT molecular complexity index is 747. The first-order valence-corrected chi connectivity index (χ1v) is 6.76. The number of rotatable bonds is 4. The lowest BCUT2D eigenvalue weighted by Gasteiger charge is -2.01. The monoisotopic (exact) mass is 290 g/mol. The number of aryl methyl sites for hydroxylation is 1. The number of nitrogens with zero attached hydrogens (tertiary/aromatic N) is 3. The Balaban J connectivity index is 2.06. The first kappa shape index (κ1) is 13.1. The molecule has 0 spiro atoms. The summed E-state index contributed by atoms with van der Waals surface area (Å²) in [7, 11) is 1.93. The minimum Gasteiger partial charge on any atom is -0.340 e. The SMILES string of the molecule is CNCc1cn(Cc2noc(C)n2)c2cc(Cl)ccc12. The molecule has 1 aromatic carbocycles. The van der Waals surface area contributed by atoms with Crippen LogP contribution in [0.3, 0.4) is 0 Å². The van der Waals surface area contributed by atoms with Crippen LogP contribution in [0.4, 0.5) is 0 Å². The Morgan fingerprint density at radius 2 is 2.25 bits per heavy atom. The molecule has 0 atom stereocenters. The van der Waals surface area contributed by atoms with Crippen molar-refractivity contribution >= 4 is 22.5 Å². The van der Waals surface area contributed by atoms with Gasteiger partial charge in [-0.15, -0.1) is 0 Å². The molecule has 3 aromatic rings. The minimum absolute atomic E-state index is 0.567. The Hall–Kier alpha value is -1.85. The van der Waals surface area contributed by atoms with Gasteiger partial charge in [-0.25, -0.2) is 0 Å². The molecule has 3 rings (SSSR count). The summed E-state index contributed by atoms with van der Waals surface area (Å²) in [6.07, 6.45) is 2.10. The van der Waals surface area contributed by atoms with Crippen molar-refractivity contribution in [2.24, 2.45) is 0 Å². The summed E-state index contributed by atoms with van der Waals surface area (Å²) in [6.45, 7) is 3.15. The number of hydrogen-bond donors (Lipinski definition) is 1. The molecule has 1 N–H and O–H groups in total. The average Bonchev–Trinajstić information content (AvgIpc) is 2.96. The number of nitrogens with one attached hydrogen (secondary N) is 1. The first-order chi connectivity index (χ1) is 9.67. The van der Waals surface area contributed by atoms with Crippen LogP contribution in [0.5, 0.6) is 0 Å². The van der Waals surface area contributed by atoms with Gasteiger partial charge in [0.05, 0.1) is 12.1 Å². The van der Waals surface area contributed by atoms with E-state index in [1.807, 2.05) is 25.2 Å². The molecule has 0 bridgehead atoms. The number of benzene rings is 1. The van der Waals surface area contributed by atoms with Crippen molar-refractivity contribution in [3.8, 4) is 0 Å².